The van der Waals surface area contributed by atoms with Crippen molar-refractivity contribution in [2.24, 2.45) is 0 Å². The Morgan fingerprint density at radius 3 is 2.40 bits per heavy atom. The quantitative estimate of drug-likeness (QED) is 0.742. The minimum absolute atomic E-state index is 0.0171. The lowest BCUT2D eigenvalue weighted by molar-refractivity contribution is 0.0736. The van der Waals surface area contributed by atoms with Gasteiger partial charge in [-0.05, 0) is 24.3 Å². The smallest absolute Gasteiger partial charge is 0.253 e. The van der Waals surface area contributed by atoms with Crippen molar-refractivity contribution in [3.8, 4) is 0 Å². The van der Waals surface area contributed by atoms with Gasteiger partial charge in [-0.1, -0.05) is 0 Å². The molecule has 0 saturated carbocycles. The van der Waals surface area contributed by atoms with E-state index in [0.29, 0.717) is 5.56 Å². The van der Waals surface area contributed by atoms with Gasteiger partial charge in [0.15, 0.2) is 0 Å². The predicted molar refractivity (Wildman–Crippen MR) is 55.2 cm³/mol. The number of amides is 1. The van der Waals surface area contributed by atoms with Gasteiger partial charge in [-0.25, -0.2) is 4.39 Å². The van der Waals surface area contributed by atoms with Gasteiger partial charge < -0.3 is 10.2 Å². The Bertz CT molecular complexity index is 344. The molecular formula is C11H13FN2O. The summed E-state index contributed by atoms with van der Waals surface area (Å²) >= 11 is 0. The molecule has 1 aliphatic rings. The van der Waals surface area contributed by atoms with Gasteiger partial charge in [0.05, 0.1) is 0 Å². The summed E-state index contributed by atoms with van der Waals surface area (Å²) in [4.78, 5) is 13.7. The lowest BCUT2D eigenvalue weighted by atomic mass is 10.2. The largest absolute Gasteiger partial charge is 0.336 e. The first-order chi connectivity index (χ1) is 7.27. The minimum atomic E-state index is -0.313. The summed E-state index contributed by atoms with van der Waals surface area (Å²) in [6, 6.07) is 5.68. The second-order valence-electron chi connectivity index (χ2n) is 3.55. The van der Waals surface area contributed by atoms with Crippen LogP contribution in [0.5, 0.6) is 0 Å². The number of halogens is 1. The highest BCUT2D eigenvalue weighted by Gasteiger charge is 2.17. The van der Waals surface area contributed by atoms with Gasteiger partial charge in [-0.2, -0.15) is 0 Å². The van der Waals surface area contributed by atoms with Crippen LogP contribution >= 0.6 is 0 Å². The van der Waals surface area contributed by atoms with Crippen LogP contribution in [0.2, 0.25) is 0 Å². The molecular weight excluding hydrogens is 195 g/mol. The first kappa shape index (κ1) is 10.1. The molecule has 1 fully saturated rings. The molecule has 0 aliphatic carbocycles. The molecule has 1 N–H and O–H groups in total. The number of carbonyl (C=O) groups excluding carboxylic acids is 1. The molecule has 0 radical (unpaired) electrons. The molecule has 1 aliphatic heterocycles. The highest BCUT2D eigenvalue weighted by Crippen LogP contribution is 2.07. The zero-order valence-electron chi connectivity index (χ0n) is 8.37. The van der Waals surface area contributed by atoms with Crippen molar-refractivity contribution < 1.29 is 9.18 Å². The van der Waals surface area contributed by atoms with E-state index < -0.39 is 0 Å². The first-order valence-corrected chi connectivity index (χ1v) is 5.03. The Labute approximate surface area is 87.9 Å². The van der Waals surface area contributed by atoms with Crippen molar-refractivity contribution >= 4 is 5.91 Å². The Morgan fingerprint density at radius 1 is 1.20 bits per heavy atom. The molecule has 0 bridgehead atoms. The molecule has 1 amide bonds. The molecule has 1 heterocycles. The maximum Gasteiger partial charge on any atom is 0.253 e. The van der Waals surface area contributed by atoms with Crippen molar-refractivity contribution in [1.82, 2.24) is 10.2 Å². The molecule has 1 aromatic rings. The highest BCUT2D eigenvalue weighted by atomic mass is 19.1. The van der Waals surface area contributed by atoms with E-state index >= 15 is 0 Å². The standard InChI is InChI=1S/C11H13FN2O/c12-10-3-1-9(2-4-10)11(15)14-7-5-13-6-8-14/h1-4,13H,5-8H2. The van der Waals surface area contributed by atoms with Gasteiger partial charge >= 0.3 is 0 Å². The van der Waals surface area contributed by atoms with E-state index in [2.05, 4.69) is 5.32 Å². The summed E-state index contributed by atoms with van der Waals surface area (Å²) in [5, 5.41) is 3.18. The van der Waals surface area contributed by atoms with E-state index in [0.717, 1.165) is 26.2 Å². The zero-order chi connectivity index (χ0) is 10.7. The van der Waals surface area contributed by atoms with E-state index in [9.17, 15) is 9.18 Å². The van der Waals surface area contributed by atoms with E-state index in [1.807, 2.05) is 0 Å². The third-order valence-electron chi connectivity index (χ3n) is 2.50. The first-order valence-electron chi connectivity index (χ1n) is 5.03. The number of nitrogens with zero attached hydrogens (tertiary/aromatic N) is 1. The number of rotatable bonds is 1. The lowest BCUT2D eigenvalue weighted by Crippen LogP contribution is -2.46. The number of piperazine rings is 1. The minimum Gasteiger partial charge on any atom is -0.336 e. The Balaban J connectivity index is 2.09. The molecule has 3 nitrogen and oxygen atoms in total. The fraction of sp³-hybridized carbons (Fsp3) is 0.364. The van der Waals surface area contributed by atoms with E-state index in [1.165, 1.54) is 24.3 Å². The number of hydrogen-bond donors (Lipinski definition) is 1. The summed E-state index contributed by atoms with van der Waals surface area (Å²) in [6.45, 7) is 3.09. The van der Waals surface area contributed by atoms with Gasteiger partial charge in [0.2, 0.25) is 0 Å². The predicted octanol–water partition coefficient (Wildman–Crippen LogP) is 0.871. The van der Waals surface area contributed by atoms with Crippen molar-refractivity contribution in [3.63, 3.8) is 0 Å². The molecule has 0 aromatic heterocycles. The molecule has 0 unspecified atom stereocenters. The lowest BCUT2D eigenvalue weighted by Gasteiger charge is -2.27. The molecule has 0 spiro atoms. The molecule has 1 saturated heterocycles. The number of carbonyl (C=O) groups is 1. The molecule has 15 heavy (non-hydrogen) atoms. The molecule has 1 aromatic carbocycles. The van der Waals surface area contributed by atoms with Crippen LogP contribution in [-0.4, -0.2) is 37.0 Å². The summed E-state index contributed by atoms with van der Waals surface area (Å²) in [7, 11) is 0. The number of nitrogens with one attached hydrogen (secondary N) is 1. The topological polar surface area (TPSA) is 32.3 Å². The number of hydrogen-bond acceptors (Lipinski definition) is 2. The maximum atomic E-state index is 12.7. The Kier molecular flexibility index (Phi) is 2.97. The van der Waals surface area contributed by atoms with Gasteiger partial charge in [-0.15, -0.1) is 0 Å². The van der Waals surface area contributed by atoms with Crippen LogP contribution in [0, 0.1) is 5.82 Å². The van der Waals surface area contributed by atoms with Crippen molar-refractivity contribution in [3.05, 3.63) is 35.6 Å². The fourth-order valence-corrected chi connectivity index (χ4v) is 1.64. The average Bonchev–Trinajstić information content (AvgIpc) is 2.30. The summed E-state index contributed by atoms with van der Waals surface area (Å²) in [5.41, 5.74) is 0.554. The zero-order valence-corrected chi connectivity index (χ0v) is 8.37. The van der Waals surface area contributed by atoms with Gasteiger partial charge in [0.1, 0.15) is 5.82 Å². The van der Waals surface area contributed by atoms with Crippen LogP contribution in [0.25, 0.3) is 0 Å². The molecule has 2 rings (SSSR count). The molecule has 0 atom stereocenters. The van der Waals surface area contributed by atoms with Gasteiger partial charge in [0, 0.05) is 31.7 Å². The van der Waals surface area contributed by atoms with Crippen molar-refractivity contribution in [2.45, 2.75) is 0 Å². The van der Waals surface area contributed by atoms with Crippen LogP contribution in [0.1, 0.15) is 10.4 Å². The third kappa shape index (κ3) is 2.33. The van der Waals surface area contributed by atoms with Gasteiger partial charge in [0.25, 0.3) is 5.91 Å². The Morgan fingerprint density at radius 2 is 1.80 bits per heavy atom. The van der Waals surface area contributed by atoms with Crippen LogP contribution in [0.3, 0.4) is 0 Å². The molecule has 4 heteroatoms. The van der Waals surface area contributed by atoms with E-state index in [1.54, 1.807) is 4.90 Å². The Hall–Kier alpha value is -1.42. The SMILES string of the molecule is O=C(c1ccc(F)cc1)N1CCNCC1. The third-order valence-corrected chi connectivity index (χ3v) is 2.50. The normalized spacial score (nSPS) is 16.5. The van der Waals surface area contributed by atoms with Crippen molar-refractivity contribution in [1.29, 1.82) is 0 Å². The maximum absolute atomic E-state index is 12.7. The second-order valence-corrected chi connectivity index (χ2v) is 3.55. The second kappa shape index (κ2) is 4.40. The average molecular weight is 208 g/mol. The van der Waals surface area contributed by atoms with Gasteiger partial charge in [-0.3, -0.25) is 4.79 Å². The van der Waals surface area contributed by atoms with Crippen LogP contribution in [0.15, 0.2) is 24.3 Å². The van der Waals surface area contributed by atoms with Crippen LogP contribution in [0.4, 0.5) is 4.39 Å². The fourth-order valence-electron chi connectivity index (χ4n) is 1.64. The van der Waals surface area contributed by atoms with E-state index in [-0.39, 0.29) is 11.7 Å². The highest BCUT2D eigenvalue weighted by molar-refractivity contribution is 5.94. The summed E-state index contributed by atoms with van der Waals surface area (Å²) < 4.78 is 12.7. The molecule has 80 valence electrons. The summed E-state index contributed by atoms with van der Waals surface area (Å²) in [6.07, 6.45) is 0. The van der Waals surface area contributed by atoms with Crippen LogP contribution < -0.4 is 5.32 Å². The monoisotopic (exact) mass is 208 g/mol. The summed E-state index contributed by atoms with van der Waals surface area (Å²) in [5.74, 6) is -0.330. The van der Waals surface area contributed by atoms with Crippen LogP contribution in [-0.2, 0) is 0 Å². The number of benzene rings is 1. The van der Waals surface area contributed by atoms with Crippen molar-refractivity contribution in [2.75, 3.05) is 26.2 Å². The van der Waals surface area contributed by atoms with E-state index in [4.69, 9.17) is 0 Å².